The van der Waals surface area contributed by atoms with Gasteiger partial charge in [-0.15, -0.1) is 0 Å². The summed E-state index contributed by atoms with van der Waals surface area (Å²) < 4.78 is 0. The van der Waals surface area contributed by atoms with Crippen molar-refractivity contribution in [3.8, 4) is 0 Å². The topological polar surface area (TPSA) is 26.0 Å². The van der Waals surface area contributed by atoms with Crippen LogP contribution in [-0.2, 0) is 0 Å². The molecule has 1 heteroatoms. The predicted octanol–water partition coefficient (Wildman–Crippen LogP) is 4.81. The first kappa shape index (κ1) is 13.1. The van der Waals surface area contributed by atoms with Crippen LogP contribution in [0.3, 0.4) is 0 Å². The fraction of sp³-hybridized carbons (Fsp3) is 0.412. The summed E-state index contributed by atoms with van der Waals surface area (Å²) in [6.07, 6.45) is 6.24. The van der Waals surface area contributed by atoms with Crippen molar-refractivity contribution < 1.29 is 0 Å². The molecule has 96 valence electrons. The molecule has 18 heavy (non-hydrogen) atoms. The van der Waals surface area contributed by atoms with Gasteiger partial charge >= 0.3 is 0 Å². The smallest absolute Gasteiger partial charge is 0.0295 e. The molecule has 1 nitrogen and oxygen atoms in total. The highest BCUT2D eigenvalue weighted by Gasteiger charge is 2.06. The fourth-order valence-electron chi connectivity index (χ4n) is 2.40. The van der Waals surface area contributed by atoms with E-state index in [0.717, 1.165) is 6.42 Å². The third kappa shape index (κ3) is 3.33. The lowest BCUT2D eigenvalue weighted by Crippen LogP contribution is -2.09. The van der Waals surface area contributed by atoms with Crippen LogP contribution in [0.5, 0.6) is 0 Å². The Morgan fingerprint density at radius 3 is 2.50 bits per heavy atom. The lowest BCUT2D eigenvalue weighted by molar-refractivity contribution is 0.566. The van der Waals surface area contributed by atoms with E-state index in [2.05, 4.69) is 49.4 Å². The van der Waals surface area contributed by atoms with E-state index in [9.17, 15) is 0 Å². The third-order valence-electron chi connectivity index (χ3n) is 3.57. The van der Waals surface area contributed by atoms with Crippen LogP contribution >= 0.6 is 0 Å². The predicted molar refractivity (Wildman–Crippen MR) is 79.6 cm³/mol. The zero-order valence-corrected chi connectivity index (χ0v) is 11.2. The Kier molecular flexibility index (Phi) is 4.77. The quantitative estimate of drug-likeness (QED) is 0.722. The molecule has 0 aliphatic carbocycles. The number of nitrogens with two attached hydrogens (primary N) is 1. The van der Waals surface area contributed by atoms with Gasteiger partial charge in [-0.05, 0) is 28.8 Å². The highest BCUT2D eigenvalue weighted by atomic mass is 14.6. The standard InChI is InChI=1S/C17H23N/c1-2-3-4-5-10-17(18)16-12-11-14-8-6-7-9-15(14)13-16/h6-9,11-13,17H,2-5,10,18H2,1H3. The number of benzene rings is 2. The largest absolute Gasteiger partial charge is 0.324 e. The first-order valence-corrected chi connectivity index (χ1v) is 7.05. The van der Waals surface area contributed by atoms with Crippen LogP contribution in [0.2, 0.25) is 0 Å². The molecular weight excluding hydrogens is 218 g/mol. The molecule has 0 bridgehead atoms. The summed E-state index contributed by atoms with van der Waals surface area (Å²) in [5.41, 5.74) is 7.54. The Hall–Kier alpha value is -1.34. The summed E-state index contributed by atoms with van der Waals surface area (Å²) in [5, 5.41) is 2.58. The molecule has 2 aromatic rings. The first-order chi connectivity index (χ1) is 8.81. The van der Waals surface area contributed by atoms with E-state index in [-0.39, 0.29) is 6.04 Å². The molecule has 2 aromatic carbocycles. The van der Waals surface area contributed by atoms with Gasteiger partial charge in [-0.3, -0.25) is 0 Å². The van der Waals surface area contributed by atoms with Crippen molar-refractivity contribution in [2.24, 2.45) is 5.73 Å². The molecule has 0 saturated heterocycles. The molecule has 0 heterocycles. The van der Waals surface area contributed by atoms with Gasteiger partial charge in [0.15, 0.2) is 0 Å². The highest BCUT2D eigenvalue weighted by molar-refractivity contribution is 5.83. The minimum absolute atomic E-state index is 0.187. The van der Waals surface area contributed by atoms with E-state index in [1.54, 1.807) is 0 Å². The average molecular weight is 241 g/mol. The lowest BCUT2D eigenvalue weighted by atomic mass is 9.98. The number of rotatable bonds is 6. The van der Waals surface area contributed by atoms with Crippen LogP contribution < -0.4 is 5.73 Å². The molecule has 0 spiro atoms. The highest BCUT2D eigenvalue weighted by Crippen LogP contribution is 2.22. The van der Waals surface area contributed by atoms with Gasteiger partial charge < -0.3 is 5.73 Å². The number of fused-ring (bicyclic) bond motifs is 1. The fourth-order valence-corrected chi connectivity index (χ4v) is 2.40. The van der Waals surface area contributed by atoms with Crippen LogP contribution in [0.25, 0.3) is 10.8 Å². The van der Waals surface area contributed by atoms with Gasteiger partial charge in [0.25, 0.3) is 0 Å². The van der Waals surface area contributed by atoms with E-state index < -0.39 is 0 Å². The third-order valence-corrected chi connectivity index (χ3v) is 3.57. The average Bonchev–Trinajstić information content (AvgIpc) is 2.43. The van der Waals surface area contributed by atoms with E-state index >= 15 is 0 Å². The molecule has 1 atom stereocenters. The molecule has 0 saturated carbocycles. The van der Waals surface area contributed by atoms with Gasteiger partial charge in [-0.25, -0.2) is 0 Å². The van der Waals surface area contributed by atoms with Crippen LogP contribution in [-0.4, -0.2) is 0 Å². The number of unbranched alkanes of at least 4 members (excludes halogenated alkanes) is 3. The van der Waals surface area contributed by atoms with Crippen LogP contribution in [0.1, 0.15) is 50.6 Å². The summed E-state index contributed by atoms with van der Waals surface area (Å²) in [6, 6.07) is 15.2. The SMILES string of the molecule is CCCCCCC(N)c1ccc2ccccc2c1. The Bertz CT molecular complexity index is 490. The van der Waals surface area contributed by atoms with Gasteiger partial charge in [0.05, 0.1) is 0 Å². The summed E-state index contributed by atoms with van der Waals surface area (Å²) in [7, 11) is 0. The van der Waals surface area contributed by atoms with E-state index in [1.807, 2.05) is 0 Å². The summed E-state index contributed by atoms with van der Waals surface area (Å²) in [5.74, 6) is 0. The van der Waals surface area contributed by atoms with Crippen molar-refractivity contribution in [2.75, 3.05) is 0 Å². The van der Waals surface area contributed by atoms with Crippen molar-refractivity contribution >= 4 is 10.8 Å². The van der Waals surface area contributed by atoms with E-state index in [4.69, 9.17) is 5.73 Å². The molecule has 0 amide bonds. The molecule has 1 unspecified atom stereocenters. The van der Waals surface area contributed by atoms with E-state index in [1.165, 1.54) is 42.0 Å². The zero-order chi connectivity index (χ0) is 12.8. The minimum Gasteiger partial charge on any atom is -0.324 e. The second kappa shape index (κ2) is 6.55. The first-order valence-electron chi connectivity index (χ1n) is 7.05. The van der Waals surface area contributed by atoms with Crippen LogP contribution in [0.15, 0.2) is 42.5 Å². The molecule has 0 radical (unpaired) electrons. The molecule has 0 aromatic heterocycles. The monoisotopic (exact) mass is 241 g/mol. The molecule has 2 N–H and O–H groups in total. The molecule has 0 aliphatic rings. The lowest BCUT2D eigenvalue weighted by Gasteiger charge is -2.12. The summed E-state index contributed by atoms with van der Waals surface area (Å²) in [4.78, 5) is 0. The van der Waals surface area contributed by atoms with E-state index in [0.29, 0.717) is 0 Å². The molecule has 0 fully saturated rings. The van der Waals surface area contributed by atoms with Gasteiger partial charge in [-0.2, -0.15) is 0 Å². The Balaban J connectivity index is 2.01. The second-order valence-electron chi connectivity index (χ2n) is 5.06. The van der Waals surface area contributed by atoms with Crippen LogP contribution in [0, 0.1) is 0 Å². The maximum Gasteiger partial charge on any atom is 0.0295 e. The number of hydrogen-bond acceptors (Lipinski definition) is 1. The van der Waals surface area contributed by atoms with Crippen molar-refractivity contribution in [3.63, 3.8) is 0 Å². The minimum atomic E-state index is 0.187. The van der Waals surface area contributed by atoms with Gasteiger partial charge in [0, 0.05) is 6.04 Å². The normalized spacial score (nSPS) is 12.8. The van der Waals surface area contributed by atoms with Crippen molar-refractivity contribution in [3.05, 3.63) is 48.0 Å². The van der Waals surface area contributed by atoms with Crippen molar-refractivity contribution in [1.82, 2.24) is 0 Å². The maximum absolute atomic E-state index is 6.27. The van der Waals surface area contributed by atoms with Gasteiger partial charge in [0.1, 0.15) is 0 Å². The summed E-state index contributed by atoms with van der Waals surface area (Å²) >= 11 is 0. The van der Waals surface area contributed by atoms with Crippen LogP contribution in [0.4, 0.5) is 0 Å². The maximum atomic E-state index is 6.27. The molecule has 0 aliphatic heterocycles. The van der Waals surface area contributed by atoms with Gasteiger partial charge in [0.2, 0.25) is 0 Å². The summed E-state index contributed by atoms with van der Waals surface area (Å²) in [6.45, 7) is 2.24. The molecular formula is C17H23N. The zero-order valence-electron chi connectivity index (χ0n) is 11.2. The van der Waals surface area contributed by atoms with Gasteiger partial charge in [-0.1, -0.05) is 69.0 Å². The Morgan fingerprint density at radius 2 is 1.72 bits per heavy atom. The van der Waals surface area contributed by atoms with Crippen molar-refractivity contribution in [2.45, 2.75) is 45.1 Å². The number of hydrogen-bond donors (Lipinski definition) is 1. The Labute approximate surface area is 110 Å². The van der Waals surface area contributed by atoms with Crippen molar-refractivity contribution in [1.29, 1.82) is 0 Å². The molecule has 2 rings (SSSR count). The Morgan fingerprint density at radius 1 is 0.944 bits per heavy atom. The second-order valence-corrected chi connectivity index (χ2v) is 5.06.